The minimum absolute atomic E-state index is 0.130. The number of nitrogens with one attached hydrogen (secondary N) is 1. The van der Waals surface area contributed by atoms with E-state index in [9.17, 15) is 0 Å². The van der Waals surface area contributed by atoms with Crippen LogP contribution in [0.25, 0.3) is 0 Å². The Morgan fingerprint density at radius 1 is 1.33 bits per heavy atom. The fourth-order valence-electron chi connectivity index (χ4n) is 2.44. The van der Waals surface area contributed by atoms with Crippen LogP contribution >= 0.6 is 0 Å². The summed E-state index contributed by atoms with van der Waals surface area (Å²) in [6.07, 6.45) is 2.64. The highest BCUT2D eigenvalue weighted by Crippen LogP contribution is 2.41. The molecule has 1 aliphatic heterocycles. The highest BCUT2D eigenvalue weighted by atomic mass is 16.5. The van der Waals surface area contributed by atoms with E-state index in [0.717, 1.165) is 30.7 Å². The van der Waals surface area contributed by atoms with Crippen LogP contribution in [0, 0.1) is 5.92 Å². The van der Waals surface area contributed by atoms with E-state index in [1.807, 2.05) is 0 Å². The van der Waals surface area contributed by atoms with Crippen molar-refractivity contribution in [2.75, 3.05) is 6.54 Å². The Balaban J connectivity index is 1.77. The molecule has 1 aliphatic carbocycles. The van der Waals surface area contributed by atoms with Crippen molar-refractivity contribution in [2.24, 2.45) is 5.92 Å². The van der Waals surface area contributed by atoms with Gasteiger partial charge in [-0.25, -0.2) is 0 Å². The number of hydrogen-bond donors (Lipinski definition) is 1. The van der Waals surface area contributed by atoms with Crippen molar-refractivity contribution in [2.45, 2.75) is 58.4 Å². The Morgan fingerprint density at radius 3 is 2.78 bits per heavy atom. The van der Waals surface area contributed by atoms with Gasteiger partial charge < -0.3 is 14.6 Å². The Bertz CT molecular complexity index is 431. The third-order valence-corrected chi connectivity index (χ3v) is 3.56. The van der Waals surface area contributed by atoms with E-state index in [0.29, 0.717) is 12.6 Å². The molecule has 1 unspecified atom stereocenters. The average Bonchev–Trinajstić information content (AvgIpc) is 3.06. The van der Waals surface area contributed by atoms with Crippen LogP contribution in [0.3, 0.4) is 0 Å². The summed E-state index contributed by atoms with van der Waals surface area (Å²) in [5, 5.41) is 12.2. The quantitative estimate of drug-likeness (QED) is 0.886. The third-order valence-electron chi connectivity index (χ3n) is 3.56. The zero-order chi connectivity index (χ0) is 12.8. The molecule has 0 aromatic carbocycles. The number of ether oxygens (including phenoxy) is 1. The molecule has 1 fully saturated rings. The molecule has 1 aromatic rings. The van der Waals surface area contributed by atoms with Crippen LogP contribution in [0.2, 0.25) is 0 Å². The lowest BCUT2D eigenvalue weighted by Gasteiger charge is -2.25. The van der Waals surface area contributed by atoms with E-state index >= 15 is 0 Å². The molecule has 1 N–H and O–H groups in total. The van der Waals surface area contributed by atoms with Crippen molar-refractivity contribution >= 4 is 0 Å². The standard InChI is InChI=1S/C13H22N4O/c1-13(2,3)18-8-10-15-16-12-11(9-4-5-9)14-6-7-17(10)12/h9,11,14H,4-8H2,1-3H3. The fourth-order valence-corrected chi connectivity index (χ4v) is 2.44. The second kappa shape index (κ2) is 4.31. The normalized spacial score (nSPS) is 24.1. The number of fused-ring (bicyclic) bond motifs is 1. The minimum Gasteiger partial charge on any atom is -0.368 e. The van der Waals surface area contributed by atoms with Crippen LogP contribution in [0.5, 0.6) is 0 Å². The van der Waals surface area contributed by atoms with E-state index in [4.69, 9.17) is 4.74 Å². The van der Waals surface area contributed by atoms with E-state index in [-0.39, 0.29) is 5.60 Å². The smallest absolute Gasteiger partial charge is 0.159 e. The van der Waals surface area contributed by atoms with Gasteiger partial charge in [0.15, 0.2) is 11.6 Å². The summed E-state index contributed by atoms with van der Waals surface area (Å²) in [6, 6.07) is 0.412. The molecule has 18 heavy (non-hydrogen) atoms. The zero-order valence-corrected chi connectivity index (χ0v) is 11.4. The largest absolute Gasteiger partial charge is 0.368 e. The molecule has 0 amide bonds. The second-order valence-electron chi connectivity index (χ2n) is 6.30. The molecular weight excluding hydrogens is 228 g/mol. The third kappa shape index (κ3) is 2.42. The van der Waals surface area contributed by atoms with Gasteiger partial charge in [0.2, 0.25) is 0 Å². The lowest BCUT2D eigenvalue weighted by atomic mass is 10.1. The van der Waals surface area contributed by atoms with Gasteiger partial charge in [-0.2, -0.15) is 0 Å². The number of nitrogens with zero attached hydrogens (tertiary/aromatic N) is 3. The van der Waals surface area contributed by atoms with Crippen molar-refractivity contribution in [3.05, 3.63) is 11.6 Å². The van der Waals surface area contributed by atoms with Crippen LogP contribution in [-0.2, 0) is 17.9 Å². The molecule has 1 saturated carbocycles. The topological polar surface area (TPSA) is 52.0 Å². The molecule has 5 nitrogen and oxygen atoms in total. The molecule has 0 radical (unpaired) electrons. The minimum atomic E-state index is -0.130. The number of hydrogen-bond acceptors (Lipinski definition) is 4. The van der Waals surface area contributed by atoms with Crippen molar-refractivity contribution < 1.29 is 4.74 Å². The predicted octanol–water partition coefficient (Wildman–Crippen LogP) is 1.65. The maximum absolute atomic E-state index is 5.81. The number of rotatable bonds is 3. The molecule has 0 bridgehead atoms. The number of aromatic nitrogens is 3. The Morgan fingerprint density at radius 2 is 2.11 bits per heavy atom. The van der Waals surface area contributed by atoms with Crippen LogP contribution < -0.4 is 5.32 Å². The molecule has 100 valence electrons. The maximum Gasteiger partial charge on any atom is 0.159 e. The summed E-state index contributed by atoms with van der Waals surface area (Å²) in [5.74, 6) is 2.84. The summed E-state index contributed by atoms with van der Waals surface area (Å²) in [4.78, 5) is 0. The molecule has 5 heteroatoms. The Kier molecular flexibility index (Phi) is 2.90. The van der Waals surface area contributed by atoms with Crippen LogP contribution in [0.4, 0.5) is 0 Å². The molecule has 1 aromatic heterocycles. The van der Waals surface area contributed by atoms with Gasteiger partial charge in [-0.1, -0.05) is 0 Å². The van der Waals surface area contributed by atoms with E-state index in [2.05, 4.69) is 40.9 Å². The van der Waals surface area contributed by atoms with Crippen LogP contribution in [-0.4, -0.2) is 26.9 Å². The summed E-state index contributed by atoms with van der Waals surface area (Å²) < 4.78 is 8.05. The molecule has 0 saturated heterocycles. The molecule has 2 aliphatic rings. The van der Waals surface area contributed by atoms with Crippen molar-refractivity contribution in [1.82, 2.24) is 20.1 Å². The van der Waals surface area contributed by atoms with Crippen molar-refractivity contribution in [3.8, 4) is 0 Å². The molecule has 1 atom stereocenters. The van der Waals surface area contributed by atoms with Gasteiger partial charge in [-0.05, 0) is 39.5 Å². The monoisotopic (exact) mass is 250 g/mol. The summed E-state index contributed by atoms with van der Waals surface area (Å²) in [7, 11) is 0. The Hall–Kier alpha value is -0.940. The van der Waals surface area contributed by atoms with Gasteiger partial charge in [0.1, 0.15) is 6.61 Å². The average molecular weight is 250 g/mol. The van der Waals surface area contributed by atoms with E-state index < -0.39 is 0 Å². The predicted molar refractivity (Wildman–Crippen MR) is 68.0 cm³/mol. The van der Waals surface area contributed by atoms with Gasteiger partial charge in [-0.3, -0.25) is 0 Å². The van der Waals surface area contributed by atoms with Gasteiger partial charge in [0.25, 0.3) is 0 Å². The molecule has 2 heterocycles. The zero-order valence-electron chi connectivity index (χ0n) is 11.4. The van der Waals surface area contributed by atoms with Crippen molar-refractivity contribution in [3.63, 3.8) is 0 Å². The maximum atomic E-state index is 5.81. The first kappa shape index (κ1) is 12.1. The highest BCUT2D eigenvalue weighted by molar-refractivity contribution is 5.08. The van der Waals surface area contributed by atoms with E-state index in [1.54, 1.807) is 0 Å². The SMILES string of the molecule is CC(C)(C)OCc1nnc2n1CCNC2C1CC1. The van der Waals surface area contributed by atoms with Gasteiger partial charge in [0, 0.05) is 13.1 Å². The lowest BCUT2D eigenvalue weighted by molar-refractivity contribution is -0.0196. The first-order valence-corrected chi connectivity index (χ1v) is 6.84. The van der Waals surface area contributed by atoms with Crippen LogP contribution in [0.15, 0.2) is 0 Å². The summed E-state index contributed by atoms with van der Waals surface area (Å²) in [6.45, 7) is 8.70. The van der Waals surface area contributed by atoms with E-state index in [1.165, 1.54) is 12.8 Å². The molecular formula is C13H22N4O. The fraction of sp³-hybridized carbons (Fsp3) is 0.846. The summed E-state index contributed by atoms with van der Waals surface area (Å²) >= 11 is 0. The second-order valence-corrected chi connectivity index (χ2v) is 6.30. The van der Waals surface area contributed by atoms with Crippen LogP contribution in [0.1, 0.15) is 51.3 Å². The molecule has 3 rings (SSSR count). The highest BCUT2D eigenvalue weighted by Gasteiger charge is 2.37. The van der Waals surface area contributed by atoms with Gasteiger partial charge >= 0.3 is 0 Å². The van der Waals surface area contributed by atoms with Gasteiger partial charge in [-0.15, -0.1) is 10.2 Å². The van der Waals surface area contributed by atoms with Gasteiger partial charge in [0.05, 0.1) is 11.6 Å². The first-order valence-electron chi connectivity index (χ1n) is 6.84. The first-order chi connectivity index (χ1) is 8.54. The summed E-state index contributed by atoms with van der Waals surface area (Å²) in [5.41, 5.74) is -0.130. The Labute approximate surface area is 108 Å². The lowest BCUT2D eigenvalue weighted by Crippen LogP contribution is -2.35. The molecule has 0 spiro atoms. The van der Waals surface area contributed by atoms with Crippen molar-refractivity contribution in [1.29, 1.82) is 0 Å².